The quantitative estimate of drug-likeness (QED) is 0.662. The summed E-state index contributed by atoms with van der Waals surface area (Å²) in [6.07, 6.45) is 10.1. The molecule has 3 aliphatic carbocycles. The van der Waals surface area contributed by atoms with E-state index in [4.69, 9.17) is 0 Å². The Kier molecular flexibility index (Phi) is 5.06. The molecule has 1 aliphatic heterocycles. The van der Waals surface area contributed by atoms with Crippen molar-refractivity contribution in [2.45, 2.75) is 77.8 Å². The van der Waals surface area contributed by atoms with Crippen LogP contribution in [-0.4, -0.2) is 36.3 Å². The van der Waals surface area contributed by atoms with Gasteiger partial charge < -0.3 is 16.0 Å². The van der Waals surface area contributed by atoms with Crippen LogP contribution in [0.25, 0.3) is 0 Å². The molecule has 3 fully saturated rings. The second-order valence-corrected chi connectivity index (χ2v) is 11.1. The predicted octanol–water partition coefficient (Wildman–Crippen LogP) is 2.54. The monoisotopic (exact) mass is 415 g/mol. The molecule has 0 radical (unpaired) electrons. The average molecular weight is 416 g/mol. The van der Waals surface area contributed by atoms with Gasteiger partial charge in [-0.25, -0.2) is 0 Å². The van der Waals surface area contributed by atoms with E-state index in [9.17, 15) is 14.4 Å². The van der Waals surface area contributed by atoms with Crippen LogP contribution in [-0.2, 0) is 14.4 Å². The van der Waals surface area contributed by atoms with Crippen LogP contribution in [0.2, 0.25) is 0 Å². The van der Waals surface area contributed by atoms with Crippen molar-refractivity contribution in [3.8, 4) is 0 Å². The molecule has 0 bridgehead atoms. The van der Waals surface area contributed by atoms with Crippen molar-refractivity contribution in [3.05, 3.63) is 12.2 Å². The van der Waals surface area contributed by atoms with E-state index < -0.39 is 5.54 Å². The second-order valence-electron chi connectivity index (χ2n) is 11.1. The zero-order valence-corrected chi connectivity index (χ0v) is 19.0. The van der Waals surface area contributed by atoms with E-state index in [0.29, 0.717) is 17.8 Å². The minimum Gasteiger partial charge on any atom is -0.357 e. The number of carbonyl (C=O) groups is 3. The van der Waals surface area contributed by atoms with Gasteiger partial charge in [-0.05, 0) is 81.6 Å². The lowest BCUT2D eigenvalue weighted by molar-refractivity contribution is -0.139. The number of hydrogen-bond acceptors (Lipinski definition) is 3. The molecule has 30 heavy (non-hydrogen) atoms. The van der Waals surface area contributed by atoms with Gasteiger partial charge in [-0.3, -0.25) is 14.4 Å². The van der Waals surface area contributed by atoms with Gasteiger partial charge in [0.05, 0.1) is 0 Å². The zero-order valence-electron chi connectivity index (χ0n) is 19.0. The number of nitrogens with one attached hydrogen (secondary N) is 3. The lowest BCUT2D eigenvalue weighted by Crippen LogP contribution is -2.60. The molecule has 0 spiro atoms. The van der Waals surface area contributed by atoms with E-state index in [1.165, 1.54) is 0 Å². The van der Waals surface area contributed by atoms with Crippen LogP contribution in [0, 0.1) is 34.5 Å². The van der Waals surface area contributed by atoms with Crippen LogP contribution in [0.1, 0.15) is 66.2 Å². The second kappa shape index (κ2) is 7.10. The molecule has 0 unspecified atom stereocenters. The Balaban J connectivity index is 1.54. The number of likely N-dealkylation sites (N-methyl/N-ethyl adjacent to an activating group) is 1. The van der Waals surface area contributed by atoms with Crippen molar-refractivity contribution in [1.82, 2.24) is 16.0 Å². The van der Waals surface area contributed by atoms with Crippen LogP contribution in [0.15, 0.2) is 12.2 Å². The van der Waals surface area contributed by atoms with E-state index >= 15 is 0 Å². The van der Waals surface area contributed by atoms with Crippen molar-refractivity contribution in [2.24, 2.45) is 34.5 Å². The molecule has 6 heteroatoms. The average Bonchev–Trinajstić information content (AvgIpc) is 3.04. The normalized spacial score (nSPS) is 42.4. The molecular weight excluding hydrogens is 378 g/mol. The number of amides is 3. The van der Waals surface area contributed by atoms with Crippen molar-refractivity contribution in [1.29, 1.82) is 0 Å². The van der Waals surface area contributed by atoms with Gasteiger partial charge >= 0.3 is 0 Å². The summed E-state index contributed by atoms with van der Waals surface area (Å²) in [7, 11) is 1.60. The molecule has 7 atom stereocenters. The molecular formula is C24H37N3O3. The summed E-state index contributed by atoms with van der Waals surface area (Å²) in [5, 5.41) is 8.88. The van der Waals surface area contributed by atoms with Crippen LogP contribution < -0.4 is 16.0 Å². The fraction of sp³-hybridized carbons (Fsp3) is 0.792. The molecule has 0 aromatic rings. The summed E-state index contributed by atoms with van der Waals surface area (Å²) >= 11 is 0. The van der Waals surface area contributed by atoms with E-state index in [0.717, 1.165) is 38.5 Å². The first kappa shape index (κ1) is 21.4. The largest absolute Gasteiger partial charge is 0.357 e. The fourth-order valence-electron chi connectivity index (χ4n) is 7.53. The smallest absolute Gasteiger partial charge is 0.244 e. The Morgan fingerprint density at radius 3 is 2.53 bits per heavy atom. The Hall–Kier alpha value is -1.85. The molecule has 6 nitrogen and oxygen atoms in total. The van der Waals surface area contributed by atoms with Crippen LogP contribution in [0.5, 0.6) is 0 Å². The molecule has 4 aliphatic rings. The van der Waals surface area contributed by atoms with Gasteiger partial charge in [0.15, 0.2) is 0 Å². The minimum absolute atomic E-state index is 0.0136. The van der Waals surface area contributed by atoms with Crippen LogP contribution >= 0.6 is 0 Å². The summed E-state index contributed by atoms with van der Waals surface area (Å²) in [5.74, 6) is 1.52. The van der Waals surface area contributed by atoms with E-state index in [1.807, 2.05) is 0 Å². The molecule has 3 amide bonds. The highest BCUT2D eigenvalue weighted by Gasteiger charge is 2.61. The van der Waals surface area contributed by atoms with Gasteiger partial charge in [-0.1, -0.05) is 19.9 Å². The third-order valence-corrected chi connectivity index (χ3v) is 9.23. The van der Waals surface area contributed by atoms with Crippen LogP contribution in [0.3, 0.4) is 0 Å². The van der Waals surface area contributed by atoms with E-state index in [2.05, 4.69) is 35.9 Å². The summed E-state index contributed by atoms with van der Waals surface area (Å²) in [5.41, 5.74) is -0.914. The molecule has 4 rings (SSSR count). The topological polar surface area (TPSA) is 87.3 Å². The summed E-state index contributed by atoms with van der Waals surface area (Å²) in [6.45, 7) is 8.16. The lowest BCUT2D eigenvalue weighted by Gasteiger charge is -2.58. The van der Waals surface area contributed by atoms with Gasteiger partial charge in [0.25, 0.3) is 0 Å². The highest BCUT2D eigenvalue weighted by Crippen LogP contribution is 2.65. The van der Waals surface area contributed by atoms with E-state index in [1.54, 1.807) is 27.0 Å². The first-order valence-corrected chi connectivity index (χ1v) is 11.6. The molecule has 1 heterocycles. The Morgan fingerprint density at radius 1 is 1.10 bits per heavy atom. The predicted molar refractivity (Wildman–Crippen MR) is 115 cm³/mol. The number of fused-ring (bicyclic) bond motifs is 5. The first-order chi connectivity index (χ1) is 14.0. The maximum Gasteiger partial charge on any atom is 0.244 e. The maximum atomic E-state index is 13.3. The van der Waals surface area contributed by atoms with Crippen molar-refractivity contribution in [2.75, 3.05) is 7.05 Å². The van der Waals surface area contributed by atoms with Gasteiger partial charge in [0.2, 0.25) is 17.7 Å². The minimum atomic E-state index is -0.909. The number of rotatable bonds is 3. The van der Waals surface area contributed by atoms with Gasteiger partial charge in [-0.15, -0.1) is 0 Å². The SMILES string of the molecule is CNC(=O)C(C)(C)NC(=O)[C@H]1CC[C@H]2[C@@H]3CC[C@H]4NC(=O)C=C[C@]4(C)[C@H]3CC[C@]12C. The Labute approximate surface area is 180 Å². The Bertz CT molecular complexity index is 791. The van der Waals surface area contributed by atoms with Crippen molar-refractivity contribution in [3.63, 3.8) is 0 Å². The van der Waals surface area contributed by atoms with Gasteiger partial charge in [0.1, 0.15) is 5.54 Å². The number of hydrogen-bond donors (Lipinski definition) is 3. The summed E-state index contributed by atoms with van der Waals surface area (Å²) < 4.78 is 0. The lowest BCUT2D eigenvalue weighted by atomic mass is 9.48. The third kappa shape index (κ3) is 3.09. The van der Waals surface area contributed by atoms with Gasteiger partial charge in [0, 0.05) is 24.4 Å². The molecule has 0 aromatic carbocycles. The molecule has 166 valence electrons. The highest BCUT2D eigenvalue weighted by molar-refractivity contribution is 5.91. The molecule has 0 saturated heterocycles. The molecule has 0 aromatic heterocycles. The van der Waals surface area contributed by atoms with Crippen molar-refractivity contribution >= 4 is 17.7 Å². The van der Waals surface area contributed by atoms with Gasteiger partial charge in [-0.2, -0.15) is 0 Å². The van der Waals surface area contributed by atoms with Crippen LogP contribution in [0.4, 0.5) is 0 Å². The highest BCUT2D eigenvalue weighted by atomic mass is 16.2. The van der Waals surface area contributed by atoms with E-state index in [-0.39, 0.29) is 40.5 Å². The Morgan fingerprint density at radius 2 is 1.83 bits per heavy atom. The number of carbonyl (C=O) groups excluding carboxylic acids is 3. The standard InChI is InChI=1S/C24H37N3O3/c1-22(2,21(30)25-5)27-20(29)17-8-7-15-14-6-9-18-24(4,13-11-19(28)26-18)16(14)10-12-23(15,17)3/h11,13-18H,6-10,12H2,1-5H3,(H,25,30)(H,26,28)(H,27,29)/t14-,15-,16-,17+,18+,23-,24+/m0/s1. The fourth-order valence-corrected chi connectivity index (χ4v) is 7.53. The zero-order chi connectivity index (χ0) is 21.9. The molecule has 3 saturated carbocycles. The summed E-state index contributed by atoms with van der Waals surface area (Å²) in [6, 6.07) is 0.231. The first-order valence-electron chi connectivity index (χ1n) is 11.6. The van der Waals surface area contributed by atoms with Crippen molar-refractivity contribution < 1.29 is 14.4 Å². The maximum absolute atomic E-state index is 13.3. The third-order valence-electron chi connectivity index (χ3n) is 9.23. The summed E-state index contributed by atoms with van der Waals surface area (Å²) in [4.78, 5) is 37.3. The molecule has 3 N–H and O–H groups in total.